The molecule has 0 fully saturated rings. The van der Waals surface area contributed by atoms with Crippen molar-refractivity contribution >= 4 is 33.4 Å². The lowest BCUT2D eigenvalue weighted by Crippen LogP contribution is -2.19. The molecule has 1 unspecified atom stereocenters. The molecule has 0 saturated carbocycles. The van der Waals surface area contributed by atoms with Gasteiger partial charge in [0, 0.05) is 48.2 Å². The number of aliphatic hydroxyl groups is 1. The predicted octanol–water partition coefficient (Wildman–Crippen LogP) is 2.97. The second kappa shape index (κ2) is 7.16. The molecule has 0 saturated heterocycles. The highest BCUT2D eigenvalue weighted by molar-refractivity contribution is 6.06. The molecule has 4 rings (SSSR count). The molecule has 0 radical (unpaired) electrons. The van der Waals surface area contributed by atoms with Crippen molar-refractivity contribution in [3.8, 4) is 5.88 Å². The Morgan fingerprint density at radius 2 is 2.11 bits per heavy atom. The third-order valence-electron chi connectivity index (χ3n) is 4.25. The van der Waals surface area contributed by atoms with E-state index < -0.39 is 12.8 Å². The van der Waals surface area contributed by atoms with Crippen LogP contribution in [0.15, 0.2) is 48.9 Å². The molecule has 1 atom stereocenters. The maximum Gasteiger partial charge on any atom is 0.215 e. The summed E-state index contributed by atoms with van der Waals surface area (Å²) in [5.41, 5.74) is 2.64. The number of fused-ring (bicyclic) bond motifs is 3. The molecule has 0 spiro atoms. The zero-order valence-corrected chi connectivity index (χ0v) is 14.6. The number of aromatic nitrogens is 4. The molecule has 2 N–H and O–H groups in total. The van der Waals surface area contributed by atoms with E-state index in [2.05, 4.69) is 15.3 Å². The molecule has 7 nitrogen and oxygen atoms in total. The molecule has 8 heteroatoms. The summed E-state index contributed by atoms with van der Waals surface area (Å²) in [4.78, 5) is 12.9. The van der Waals surface area contributed by atoms with Gasteiger partial charge in [0.15, 0.2) is 0 Å². The molecule has 0 aliphatic rings. The van der Waals surface area contributed by atoms with Gasteiger partial charge in [-0.2, -0.15) is 0 Å². The van der Waals surface area contributed by atoms with Gasteiger partial charge >= 0.3 is 0 Å². The van der Waals surface area contributed by atoms with Crippen LogP contribution < -0.4 is 10.1 Å². The van der Waals surface area contributed by atoms with Gasteiger partial charge in [0.25, 0.3) is 0 Å². The average molecular weight is 367 g/mol. The minimum atomic E-state index is -1.16. The monoisotopic (exact) mass is 367 g/mol. The molecule has 27 heavy (non-hydrogen) atoms. The van der Waals surface area contributed by atoms with Gasteiger partial charge in [0.1, 0.15) is 30.9 Å². The van der Waals surface area contributed by atoms with E-state index in [0.717, 1.165) is 27.6 Å². The molecule has 4 aromatic heterocycles. The maximum atomic E-state index is 12.3. The van der Waals surface area contributed by atoms with Crippen LogP contribution in [0.25, 0.3) is 21.9 Å². The third-order valence-corrected chi connectivity index (χ3v) is 4.25. The van der Waals surface area contributed by atoms with Gasteiger partial charge in [0.05, 0.1) is 5.52 Å². The van der Waals surface area contributed by atoms with Crippen molar-refractivity contribution < 1.29 is 14.2 Å². The zero-order valence-electron chi connectivity index (χ0n) is 14.6. The van der Waals surface area contributed by atoms with Crippen LogP contribution in [0.4, 0.5) is 15.9 Å². The summed E-state index contributed by atoms with van der Waals surface area (Å²) < 4.78 is 19.6. The summed E-state index contributed by atoms with van der Waals surface area (Å²) in [6, 6.07) is 9.30. The number of alkyl halides is 1. The van der Waals surface area contributed by atoms with Gasteiger partial charge in [-0.25, -0.2) is 14.4 Å². The van der Waals surface area contributed by atoms with E-state index in [0.29, 0.717) is 11.7 Å². The lowest BCUT2D eigenvalue weighted by atomic mass is 10.2. The summed E-state index contributed by atoms with van der Waals surface area (Å²) in [6.45, 7) is -1.01. The van der Waals surface area contributed by atoms with Gasteiger partial charge in [-0.05, 0) is 24.3 Å². The van der Waals surface area contributed by atoms with Crippen LogP contribution in [-0.4, -0.2) is 44.0 Å². The number of nitrogens with one attached hydrogen (secondary N) is 1. The first-order chi connectivity index (χ1) is 13.2. The summed E-state index contributed by atoms with van der Waals surface area (Å²) >= 11 is 0. The first kappa shape index (κ1) is 17.2. The molecule has 0 amide bonds. The van der Waals surface area contributed by atoms with Crippen LogP contribution in [0.3, 0.4) is 0 Å². The number of pyridine rings is 3. The van der Waals surface area contributed by atoms with Crippen molar-refractivity contribution in [3.63, 3.8) is 0 Å². The number of aryl methyl sites for hydroxylation is 1. The van der Waals surface area contributed by atoms with Crippen molar-refractivity contribution in [1.82, 2.24) is 19.5 Å². The number of rotatable bonds is 6. The largest absolute Gasteiger partial charge is 0.475 e. The fourth-order valence-electron chi connectivity index (χ4n) is 2.93. The number of anilines is 2. The Hall–Kier alpha value is -3.26. The number of hydrogen-bond acceptors (Lipinski definition) is 6. The Balaban J connectivity index is 1.60. The summed E-state index contributed by atoms with van der Waals surface area (Å²) in [5.74, 6) is 0.964. The predicted molar refractivity (Wildman–Crippen MR) is 101 cm³/mol. The molecular formula is C19H18FN5O2. The zero-order chi connectivity index (χ0) is 18.8. The van der Waals surface area contributed by atoms with Gasteiger partial charge in [-0.1, -0.05) is 0 Å². The molecular weight excluding hydrogens is 349 g/mol. The lowest BCUT2D eigenvalue weighted by Gasteiger charge is -2.10. The Morgan fingerprint density at radius 1 is 1.22 bits per heavy atom. The second-order valence-corrected chi connectivity index (χ2v) is 6.15. The van der Waals surface area contributed by atoms with E-state index in [1.165, 1.54) is 0 Å². The molecule has 0 aromatic carbocycles. The molecule has 0 aliphatic heterocycles. The van der Waals surface area contributed by atoms with Crippen molar-refractivity contribution in [2.24, 2.45) is 7.05 Å². The van der Waals surface area contributed by atoms with Crippen molar-refractivity contribution in [2.75, 3.05) is 18.6 Å². The molecule has 138 valence electrons. The topological polar surface area (TPSA) is 85.1 Å². The molecule has 4 heterocycles. The summed E-state index contributed by atoms with van der Waals surface area (Å²) in [5, 5.41) is 14.6. The number of nitrogens with zero attached hydrogens (tertiary/aromatic N) is 4. The van der Waals surface area contributed by atoms with Gasteiger partial charge in [-0.3, -0.25) is 4.98 Å². The van der Waals surface area contributed by atoms with E-state index in [4.69, 9.17) is 9.72 Å². The van der Waals surface area contributed by atoms with Crippen molar-refractivity contribution in [1.29, 1.82) is 0 Å². The van der Waals surface area contributed by atoms with Crippen LogP contribution in [0.5, 0.6) is 5.88 Å². The lowest BCUT2D eigenvalue weighted by molar-refractivity contribution is 0.0822. The minimum absolute atomic E-state index is 0.152. The van der Waals surface area contributed by atoms with Crippen molar-refractivity contribution in [2.45, 2.75) is 6.10 Å². The van der Waals surface area contributed by atoms with Gasteiger partial charge < -0.3 is 19.7 Å². The summed E-state index contributed by atoms with van der Waals surface area (Å²) in [7, 11) is 1.97. The molecule has 0 aliphatic carbocycles. The van der Waals surface area contributed by atoms with Gasteiger partial charge in [-0.15, -0.1) is 0 Å². The van der Waals surface area contributed by atoms with E-state index in [1.807, 2.05) is 36.0 Å². The quantitative estimate of drug-likeness (QED) is 0.545. The number of halogens is 1. The number of hydrogen-bond donors (Lipinski definition) is 2. The van der Waals surface area contributed by atoms with E-state index in [1.54, 1.807) is 24.5 Å². The Labute approximate surface area is 154 Å². The van der Waals surface area contributed by atoms with E-state index in [9.17, 15) is 9.50 Å². The van der Waals surface area contributed by atoms with E-state index >= 15 is 0 Å². The smallest absolute Gasteiger partial charge is 0.215 e. The van der Waals surface area contributed by atoms with Crippen LogP contribution in [0.2, 0.25) is 0 Å². The van der Waals surface area contributed by atoms with Crippen LogP contribution >= 0.6 is 0 Å². The molecule has 0 bridgehead atoms. The highest BCUT2D eigenvalue weighted by Crippen LogP contribution is 2.28. The Morgan fingerprint density at radius 3 is 2.96 bits per heavy atom. The number of aliphatic hydroxyl groups excluding tert-OH is 1. The van der Waals surface area contributed by atoms with Crippen LogP contribution in [0.1, 0.15) is 0 Å². The third kappa shape index (κ3) is 3.39. The van der Waals surface area contributed by atoms with E-state index in [-0.39, 0.29) is 6.61 Å². The fourth-order valence-corrected chi connectivity index (χ4v) is 2.93. The fraction of sp³-hybridized carbons (Fsp3) is 0.211. The Kier molecular flexibility index (Phi) is 4.55. The Bertz CT molecular complexity index is 1100. The maximum absolute atomic E-state index is 12.3. The second-order valence-electron chi connectivity index (χ2n) is 6.15. The van der Waals surface area contributed by atoms with Gasteiger partial charge in [0.2, 0.25) is 5.88 Å². The first-order valence-corrected chi connectivity index (χ1v) is 8.45. The highest BCUT2D eigenvalue weighted by atomic mass is 19.1. The summed E-state index contributed by atoms with van der Waals surface area (Å²) in [6.07, 6.45) is 4.01. The van der Waals surface area contributed by atoms with Crippen LogP contribution in [-0.2, 0) is 7.05 Å². The highest BCUT2D eigenvalue weighted by Gasteiger charge is 2.10. The SMILES string of the molecule is Cn1c2ccncc2c2ccc(Nc3ccnc(OCC(O)CF)c3)nc21. The average Bonchev–Trinajstić information content (AvgIpc) is 2.99. The first-order valence-electron chi connectivity index (χ1n) is 8.45. The standard InChI is InChI=1S/C19H18FN5O2/c1-25-16-5-6-21-10-15(16)14-2-3-17(24-19(14)25)23-12-4-7-22-18(8-12)27-11-13(26)9-20/h2-8,10,13,26H,9,11H2,1H3,(H,22,23,24). The normalized spacial score (nSPS) is 12.4. The minimum Gasteiger partial charge on any atom is -0.475 e. The molecule has 4 aromatic rings. The number of ether oxygens (including phenoxy) is 1. The van der Waals surface area contributed by atoms with Crippen molar-refractivity contribution in [3.05, 3.63) is 48.9 Å². The van der Waals surface area contributed by atoms with Crippen LogP contribution in [0, 0.1) is 0 Å².